The monoisotopic (exact) mass is 680 g/mol. The van der Waals surface area contributed by atoms with E-state index in [9.17, 15) is 15.0 Å². The molecule has 0 radical (unpaired) electrons. The molecular weight excluding hydrogens is 602 g/mol. The predicted octanol–water partition coefficient (Wildman–Crippen LogP) is 12.5. The second-order valence-corrected chi connectivity index (χ2v) is 13.3. The minimum Gasteiger partial charge on any atom is -0.394 e. The van der Waals surface area contributed by atoms with Crippen molar-refractivity contribution in [1.29, 1.82) is 0 Å². The standard InChI is InChI=1S/C45H77NO3/c1-3-5-7-9-11-13-15-17-19-20-21-22-23-24-25-26-27-29-31-33-35-37-39-41-45(49)46-43(42-47)44(48)40-38-36-34-32-30-28-18-16-14-12-10-8-6-4-2/h5,7,11,13,17,19,21-22,24-25,27,29,38,40,43-44,47-48H,3-4,6,8-10,12,14-16,18,20,23,26,28,30-37,39,41-42H2,1-2H3,(H,46,49)/b7-5-,13-11-,19-17-,22-21-,25-24-,29-27-,40-38+. The fourth-order valence-electron chi connectivity index (χ4n) is 5.53. The van der Waals surface area contributed by atoms with Gasteiger partial charge in [-0.15, -0.1) is 0 Å². The Balaban J connectivity index is 3.72. The molecule has 0 fully saturated rings. The zero-order valence-electron chi connectivity index (χ0n) is 31.9. The van der Waals surface area contributed by atoms with Gasteiger partial charge in [-0.05, 0) is 70.6 Å². The van der Waals surface area contributed by atoms with E-state index >= 15 is 0 Å². The Hall–Kier alpha value is -2.43. The summed E-state index contributed by atoms with van der Waals surface area (Å²) in [6, 6.07) is -0.640. The molecule has 49 heavy (non-hydrogen) atoms. The van der Waals surface area contributed by atoms with Crippen molar-refractivity contribution in [2.75, 3.05) is 6.61 Å². The maximum Gasteiger partial charge on any atom is 0.220 e. The molecular formula is C45H77NO3. The highest BCUT2D eigenvalue weighted by atomic mass is 16.3. The number of carbonyl (C=O) groups excluding carboxylic acids is 1. The molecule has 0 spiro atoms. The second-order valence-electron chi connectivity index (χ2n) is 13.3. The van der Waals surface area contributed by atoms with Crippen LogP contribution in [-0.4, -0.2) is 34.9 Å². The summed E-state index contributed by atoms with van der Waals surface area (Å²) in [5.74, 6) is -0.0931. The van der Waals surface area contributed by atoms with Crippen LogP contribution in [0.5, 0.6) is 0 Å². The third kappa shape index (κ3) is 36.7. The van der Waals surface area contributed by atoms with Gasteiger partial charge in [0.2, 0.25) is 5.91 Å². The Morgan fingerprint density at radius 2 is 0.898 bits per heavy atom. The van der Waals surface area contributed by atoms with Gasteiger partial charge in [0.05, 0.1) is 18.8 Å². The molecule has 0 aliphatic carbocycles. The SMILES string of the molecule is CC/C=C\C/C=C\C/C=C\C/C=C\C/C=C\C/C=C\CCCCCCC(=O)NC(CO)C(O)/C=C/CCCCCCCCCCCCCC. The van der Waals surface area contributed by atoms with E-state index in [1.54, 1.807) is 6.08 Å². The lowest BCUT2D eigenvalue weighted by molar-refractivity contribution is -0.123. The molecule has 0 saturated heterocycles. The zero-order valence-corrected chi connectivity index (χ0v) is 31.9. The molecule has 0 heterocycles. The molecule has 0 rings (SSSR count). The van der Waals surface area contributed by atoms with Crippen LogP contribution in [0.3, 0.4) is 0 Å². The fourth-order valence-corrected chi connectivity index (χ4v) is 5.53. The van der Waals surface area contributed by atoms with Crippen LogP contribution in [0.2, 0.25) is 0 Å². The highest BCUT2D eigenvalue weighted by molar-refractivity contribution is 5.76. The summed E-state index contributed by atoms with van der Waals surface area (Å²) in [4.78, 5) is 12.3. The molecule has 3 N–H and O–H groups in total. The first kappa shape index (κ1) is 46.6. The molecule has 4 heteroatoms. The van der Waals surface area contributed by atoms with Gasteiger partial charge in [0, 0.05) is 6.42 Å². The molecule has 0 bridgehead atoms. The highest BCUT2D eigenvalue weighted by Crippen LogP contribution is 2.13. The normalized spacial score (nSPS) is 14.0. The van der Waals surface area contributed by atoms with Crippen molar-refractivity contribution >= 4 is 5.91 Å². The first-order valence-electron chi connectivity index (χ1n) is 20.3. The van der Waals surface area contributed by atoms with E-state index in [4.69, 9.17) is 0 Å². The van der Waals surface area contributed by atoms with E-state index in [1.165, 1.54) is 70.6 Å². The van der Waals surface area contributed by atoms with Gasteiger partial charge in [0.1, 0.15) is 0 Å². The van der Waals surface area contributed by atoms with Crippen LogP contribution in [0.25, 0.3) is 0 Å². The fraction of sp³-hybridized carbons (Fsp3) is 0.667. The third-order valence-electron chi connectivity index (χ3n) is 8.63. The Bertz CT molecular complexity index is 910. The topological polar surface area (TPSA) is 69.6 Å². The number of aliphatic hydroxyl groups excluding tert-OH is 2. The number of unbranched alkanes of at least 4 members (excludes halogenated alkanes) is 16. The molecule has 0 aromatic heterocycles. The van der Waals surface area contributed by atoms with Gasteiger partial charge in [0.15, 0.2) is 0 Å². The Morgan fingerprint density at radius 3 is 1.35 bits per heavy atom. The van der Waals surface area contributed by atoms with Crippen molar-refractivity contribution in [3.8, 4) is 0 Å². The number of amides is 1. The molecule has 4 nitrogen and oxygen atoms in total. The molecule has 0 aliphatic rings. The minimum atomic E-state index is -0.854. The van der Waals surface area contributed by atoms with Gasteiger partial charge in [-0.2, -0.15) is 0 Å². The molecule has 0 aromatic rings. The largest absolute Gasteiger partial charge is 0.394 e. The highest BCUT2D eigenvalue weighted by Gasteiger charge is 2.17. The lowest BCUT2D eigenvalue weighted by Gasteiger charge is -2.20. The maximum atomic E-state index is 12.3. The van der Waals surface area contributed by atoms with Crippen LogP contribution in [0, 0.1) is 0 Å². The minimum absolute atomic E-state index is 0.0931. The average Bonchev–Trinajstić information content (AvgIpc) is 3.10. The van der Waals surface area contributed by atoms with Crippen LogP contribution >= 0.6 is 0 Å². The Morgan fingerprint density at radius 1 is 0.510 bits per heavy atom. The molecule has 0 aromatic carbocycles. The first-order valence-corrected chi connectivity index (χ1v) is 20.3. The van der Waals surface area contributed by atoms with E-state index in [0.717, 1.165) is 83.5 Å². The first-order chi connectivity index (χ1) is 24.2. The van der Waals surface area contributed by atoms with Gasteiger partial charge >= 0.3 is 0 Å². The van der Waals surface area contributed by atoms with Gasteiger partial charge in [0.25, 0.3) is 0 Å². The van der Waals surface area contributed by atoms with E-state index in [2.05, 4.69) is 92.1 Å². The summed E-state index contributed by atoms with van der Waals surface area (Å²) in [7, 11) is 0. The van der Waals surface area contributed by atoms with Gasteiger partial charge < -0.3 is 15.5 Å². The van der Waals surface area contributed by atoms with Crippen molar-refractivity contribution in [1.82, 2.24) is 5.32 Å². The van der Waals surface area contributed by atoms with Crippen LogP contribution in [0.4, 0.5) is 0 Å². The number of hydrogen-bond acceptors (Lipinski definition) is 3. The smallest absolute Gasteiger partial charge is 0.220 e. The van der Waals surface area contributed by atoms with E-state index in [0.29, 0.717) is 6.42 Å². The van der Waals surface area contributed by atoms with E-state index in [1.807, 2.05) is 6.08 Å². The molecule has 280 valence electrons. The lowest BCUT2D eigenvalue weighted by atomic mass is 10.0. The number of hydrogen-bond donors (Lipinski definition) is 3. The summed E-state index contributed by atoms with van der Waals surface area (Å²) in [6.45, 7) is 4.16. The molecule has 2 unspecified atom stereocenters. The number of rotatable bonds is 35. The summed E-state index contributed by atoms with van der Waals surface area (Å²) >= 11 is 0. The summed E-state index contributed by atoms with van der Waals surface area (Å²) < 4.78 is 0. The number of carbonyl (C=O) groups is 1. The van der Waals surface area contributed by atoms with Gasteiger partial charge in [-0.3, -0.25) is 4.79 Å². The lowest BCUT2D eigenvalue weighted by Crippen LogP contribution is -2.45. The summed E-state index contributed by atoms with van der Waals surface area (Å²) in [6.07, 6.45) is 58.1. The number of allylic oxidation sites excluding steroid dienone is 13. The van der Waals surface area contributed by atoms with Crippen LogP contribution in [-0.2, 0) is 4.79 Å². The Kier molecular flexibility index (Phi) is 38.0. The maximum absolute atomic E-state index is 12.3. The van der Waals surface area contributed by atoms with E-state index < -0.39 is 12.1 Å². The predicted molar refractivity (Wildman–Crippen MR) is 216 cm³/mol. The average molecular weight is 680 g/mol. The number of nitrogens with one attached hydrogen (secondary N) is 1. The quantitative estimate of drug-likeness (QED) is 0.0461. The second kappa shape index (κ2) is 40.0. The van der Waals surface area contributed by atoms with Crippen molar-refractivity contribution in [2.45, 2.75) is 187 Å². The Labute approximate surface area is 303 Å². The van der Waals surface area contributed by atoms with Crippen LogP contribution in [0.1, 0.15) is 174 Å². The van der Waals surface area contributed by atoms with Gasteiger partial charge in [-0.25, -0.2) is 0 Å². The van der Waals surface area contributed by atoms with Crippen LogP contribution < -0.4 is 5.32 Å². The molecule has 0 saturated carbocycles. The summed E-state index contributed by atoms with van der Waals surface area (Å²) in [5, 5.41) is 22.9. The van der Waals surface area contributed by atoms with Crippen LogP contribution in [0.15, 0.2) is 85.1 Å². The third-order valence-corrected chi connectivity index (χ3v) is 8.63. The number of aliphatic hydroxyl groups is 2. The van der Waals surface area contributed by atoms with Crippen molar-refractivity contribution < 1.29 is 15.0 Å². The molecule has 2 atom stereocenters. The summed E-state index contributed by atoms with van der Waals surface area (Å²) in [5.41, 5.74) is 0. The van der Waals surface area contributed by atoms with Crippen molar-refractivity contribution in [3.63, 3.8) is 0 Å². The zero-order chi connectivity index (χ0) is 35.7. The van der Waals surface area contributed by atoms with Gasteiger partial charge in [-0.1, -0.05) is 182 Å². The molecule has 1 amide bonds. The molecule has 0 aliphatic heterocycles. The van der Waals surface area contributed by atoms with Crippen molar-refractivity contribution in [3.05, 3.63) is 85.1 Å². The van der Waals surface area contributed by atoms with E-state index in [-0.39, 0.29) is 12.5 Å². The van der Waals surface area contributed by atoms with Crippen molar-refractivity contribution in [2.24, 2.45) is 0 Å².